The maximum absolute atomic E-state index is 12.6. The average Bonchev–Trinajstić information content (AvgIpc) is 3.33. The SMILES string of the molecule is CC.CN(CC1CN(C(=O)CCNC2=NCCN2)CCN1)C1CCCc2cccnc21. The van der Waals surface area contributed by atoms with E-state index in [-0.39, 0.29) is 5.91 Å². The van der Waals surface area contributed by atoms with Crippen molar-refractivity contribution < 1.29 is 4.79 Å². The number of nitrogens with one attached hydrogen (secondary N) is 3. The number of carbonyl (C=O) groups excluding carboxylic acids is 1. The highest BCUT2D eigenvalue weighted by atomic mass is 16.2. The fourth-order valence-corrected chi connectivity index (χ4v) is 4.63. The Balaban J connectivity index is 0.00000132. The van der Waals surface area contributed by atoms with Crippen molar-refractivity contribution in [3.63, 3.8) is 0 Å². The summed E-state index contributed by atoms with van der Waals surface area (Å²) in [6.45, 7) is 9.64. The number of guanidine groups is 1. The molecule has 1 aliphatic carbocycles. The van der Waals surface area contributed by atoms with Crippen LogP contribution in [-0.4, -0.2) is 85.6 Å². The van der Waals surface area contributed by atoms with Gasteiger partial charge in [-0.15, -0.1) is 0 Å². The number of nitrogens with zero attached hydrogens (tertiary/aromatic N) is 4. The fourth-order valence-electron chi connectivity index (χ4n) is 4.63. The molecule has 1 fully saturated rings. The fraction of sp³-hybridized carbons (Fsp3) is 0.696. The number of aromatic nitrogens is 1. The van der Waals surface area contributed by atoms with E-state index in [2.05, 4.69) is 43.9 Å². The largest absolute Gasteiger partial charge is 0.356 e. The first-order valence-electron chi connectivity index (χ1n) is 11.9. The van der Waals surface area contributed by atoms with E-state index in [1.807, 2.05) is 31.0 Å². The van der Waals surface area contributed by atoms with E-state index in [1.165, 1.54) is 17.7 Å². The maximum atomic E-state index is 12.6. The van der Waals surface area contributed by atoms with Crippen molar-refractivity contribution >= 4 is 11.9 Å². The zero-order chi connectivity index (χ0) is 22.1. The van der Waals surface area contributed by atoms with Crippen LogP contribution in [0, 0.1) is 0 Å². The first-order chi connectivity index (χ1) is 15.2. The topological polar surface area (TPSA) is 84.9 Å². The lowest BCUT2D eigenvalue weighted by Crippen LogP contribution is -2.56. The molecule has 1 aromatic heterocycles. The molecule has 1 saturated heterocycles. The number of hydrogen-bond acceptors (Lipinski definition) is 7. The second kappa shape index (κ2) is 12.0. The summed E-state index contributed by atoms with van der Waals surface area (Å²) >= 11 is 0. The van der Waals surface area contributed by atoms with Gasteiger partial charge in [0, 0.05) is 57.9 Å². The first kappa shape index (κ1) is 23.5. The number of pyridine rings is 1. The molecule has 2 atom stereocenters. The van der Waals surface area contributed by atoms with Gasteiger partial charge in [-0.3, -0.25) is 19.7 Å². The third-order valence-electron chi connectivity index (χ3n) is 6.12. The van der Waals surface area contributed by atoms with Crippen LogP contribution in [0.2, 0.25) is 0 Å². The summed E-state index contributed by atoms with van der Waals surface area (Å²) in [7, 11) is 2.19. The Labute approximate surface area is 186 Å². The molecule has 1 aromatic rings. The minimum Gasteiger partial charge on any atom is -0.356 e. The number of amides is 1. The number of hydrogen-bond donors (Lipinski definition) is 3. The molecule has 3 aliphatic rings. The molecule has 2 aliphatic heterocycles. The Hall–Kier alpha value is -2.19. The van der Waals surface area contributed by atoms with Gasteiger partial charge in [-0.1, -0.05) is 19.9 Å². The molecular formula is C23H39N7O. The van der Waals surface area contributed by atoms with Gasteiger partial charge in [0.2, 0.25) is 5.91 Å². The second-order valence-electron chi connectivity index (χ2n) is 8.22. The van der Waals surface area contributed by atoms with E-state index in [0.717, 1.165) is 58.1 Å². The first-order valence-corrected chi connectivity index (χ1v) is 11.9. The number of aliphatic imine (C=N–C) groups is 1. The third kappa shape index (κ3) is 6.40. The summed E-state index contributed by atoms with van der Waals surface area (Å²) in [4.78, 5) is 26.0. The van der Waals surface area contributed by atoms with E-state index < -0.39 is 0 Å². The number of carbonyl (C=O) groups is 1. The van der Waals surface area contributed by atoms with Crippen LogP contribution >= 0.6 is 0 Å². The van der Waals surface area contributed by atoms with Gasteiger partial charge >= 0.3 is 0 Å². The summed E-state index contributed by atoms with van der Waals surface area (Å²) in [6, 6.07) is 4.91. The number of likely N-dealkylation sites (N-methyl/N-ethyl adjacent to an activating group) is 1. The third-order valence-corrected chi connectivity index (χ3v) is 6.12. The van der Waals surface area contributed by atoms with Crippen LogP contribution in [0.25, 0.3) is 0 Å². The lowest BCUT2D eigenvalue weighted by Gasteiger charge is -2.39. The van der Waals surface area contributed by atoms with E-state index in [4.69, 9.17) is 0 Å². The van der Waals surface area contributed by atoms with Crippen molar-refractivity contribution in [1.82, 2.24) is 30.7 Å². The molecule has 3 heterocycles. The van der Waals surface area contributed by atoms with Crippen LogP contribution in [0.3, 0.4) is 0 Å². The highest BCUT2D eigenvalue weighted by Crippen LogP contribution is 2.31. The van der Waals surface area contributed by atoms with Gasteiger partial charge in [0.15, 0.2) is 5.96 Å². The van der Waals surface area contributed by atoms with Crippen molar-refractivity contribution in [3.05, 3.63) is 29.6 Å². The van der Waals surface area contributed by atoms with Gasteiger partial charge in [-0.05, 0) is 37.9 Å². The molecule has 0 aromatic carbocycles. The molecular weight excluding hydrogens is 390 g/mol. The Bertz CT molecular complexity index is 738. The van der Waals surface area contributed by atoms with Crippen molar-refractivity contribution in [2.45, 2.75) is 51.6 Å². The van der Waals surface area contributed by atoms with Crippen LogP contribution in [0.15, 0.2) is 23.3 Å². The molecule has 172 valence electrons. The van der Waals surface area contributed by atoms with E-state index in [1.54, 1.807) is 0 Å². The van der Waals surface area contributed by atoms with E-state index in [9.17, 15) is 4.79 Å². The number of aryl methyl sites for hydroxylation is 1. The summed E-state index contributed by atoms with van der Waals surface area (Å²) in [5.41, 5.74) is 2.62. The molecule has 3 N–H and O–H groups in total. The van der Waals surface area contributed by atoms with Crippen molar-refractivity contribution in [3.8, 4) is 0 Å². The molecule has 2 unspecified atom stereocenters. The van der Waals surface area contributed by atoms with Gasteiger partial charge in [-0.2, -0.15) is 0 Å². The highest BCUT2D eigenvalue weighted by Gasteiger charge is 2.29. The molecule has 0 spiro atoms. The van der Waals surface area contributed by atoms with Crippen LogP contribution in [-0.2, 0) is 11.2 Å². The van der Waals surface area contributed by atoms with Crippen LogP contribution in [0.1, 0.15) is 50.4 Å². The van der Waals surface area contributed by atoms with E-state index in [0.29, 0.717) is 25.0 Å². The van der Waals surface area contributed by atoms with Gasteiger partial charge in [0.1, 0.15) is 0 Å². The molecule has 8 nitrogen and oxygen atoms in total. The lowest BCUT2D eigenvalue weighted by molar-refractivity contribution is -0.132. The standard InChI is InChI=1S/C21H33N7O.C2H6/c1-27(18-6-2-4-16-5-3-8-23-20(16)18)14-17-15-28(13-12-22-17)19(29)7-9-24-21-25-10-11-26-21;1-2/h3,5,8,17-18,22H,2,4,6-7,9-15H2,1H3,(H2,24,25,26);1-2H3. The molecule has 0 bridgehead atoms. The van der Waals surface area contributed by atoms with Crippen LogP contribution < -0.4 is 16.0 Å². The Morgan fingerprint density at radius 2 is 2.23 bits per heavy atom. The smallest absolute Gasteiger partial charge is 0.224 e. The predicted molar refractivity (Wildman–Crippen MR) is 125 cm³/mol. The average molecular weight is 430 g/mol. The summed E-state index contributed by atoms with van der Waals surface area (Å²) in [5.74, 6) is 1.04. The summed E-state index contributed by atoms with van der Waals surface area (Å²) in [6.07, 6.45) is 5.91. The number of rotatable bonds is 6. The monoisotopic (exact) mass is 429 g/mol. The number of piperazine rings is 1. The summed E-state index contributed by atoms with van der Waals surface area (Å²) in [5, 5.41) is 9.98. The second-order valence-corrected chi connectivity index (χ2v) is 8.22. The quantitative estimate of drug-likeness (QED) is 0.629. The minimum absolute atomic E-state index is 0.218. The van der Waals surface area contributed by atoms with Crippen molar-refractivity contribution in [2.24, 2.45) is 4.99 Å². The molecule has 1 amide bonds. The van der Waals surface area contributed by atoms with Crippen molar-refractivity contribution in [2.75, 3.05) is 52.9 Å². The van der Waals surface area contributed by atoms with Crippen LogP contribution in [0.4, 0.5) is 0 Å². The molecule has 0 saturated carbocycles. The lowest BCUT2D eigenvalue weighted by atomic mass is 9.91. The normalized spacial score (nSPS) is 22.7. The summed E-state index contributed by atoms with van der Waals surface area (Å²) < 4.78 is 0. The predicted octanol–water partition coefficient (Wildman–Crippen LogP) is 1.16. The maximum Gasteiger partial charge on any atom is 0.224 e. The van der Waals surface area contributed by atoms with Gasteiger partial charge in [0.25, 0.3) is 0 Å². The van der Waals surface area contributed by atoms with Crippen LogP contribution in [0.5, 0.6) is 0 Å². The zero-order valence-corrected chi connectivity index (χ0v) is 19.4. The minimum atomic E-state index is 0.218. The Kier molecular flexibility index (Phi) is 9.09. The molecule has 4 rings (SSSR count). The van der Waals surface area contributed by atoms with E-state index >= 15 is 0 Å². The van der Waals surface area contributed by atoms with Gasteiger partial charge < -0.3 is 20.9 Å². The zero-order valence-electron chi connectivity index (χ0n) is 19.4. The van der Waals surface area contributed by atoms with Crippen molar-refractivity contribution in [1.29, 1.82) is 0 Å². The Morgan fingerprint density at radius 3 is 3.03 bits per heavy atom. The molecule has 8 heteroatoms. The molecule has 0 radical (unpaired) electrons. The van der Waals surface area contributed by atoms with Gasteiger partial charge in [0.05, 0.1) is 18.3 Å². The molecule has 31 heavy (non-hydrogen) atoms. The highest BCUT2D eigenvalue weighted by molar-refractivity contribution is 5.82. The van der Waals surface area contributed by atoms with Gasteiger partial charge in [-0.25, -0.2) is 0 Å². The Morgan fingerprint density at radius 1 is 1.35 bits per heavy atom. The number of fused-ring (bicyclic) bond motifs is 1.